The molecule has 1 amide bonds. The first-order chi connectivity index (χ1) is 10.0. The molecule has 1 aromatic rings. The fourth-order valence-corrected chi connectivity index (χ4v) is 2.18. The lowest BCUT2D eigenvalue weighted by molar-refractivity contribution is -0.139. The summed E-state index contributed by atoms with van der Waals surface area (Å²) >= 11 is 0. The third-order valence-electron chi connectivity index (χ3n) is 3.25. The van der Waals surface area contributed by atoms with Gasteiger partial charge in [0, 0.05) is 12.3 Å². The van der Waals surface area contributed by atoms with Gasteiger partial charge in [-0.1, -0.05) is 13.3 Å². The molecule has 1 rings (SSSR count). The van der Waals surface area contributed by atoms with Crippen LogP contribution in [0, 0.1) is 11.3 Å². The Hall–Kier alpha value is -2.06. The summed E-state index contributed by atoms with van der Waals surface area (Å²) in [5.74, 6) is 0.275. The van der Waals surface area contributed by atoms with Crippen LogP contribution < -0.4 is 10.1 Å². The van der Waals surface area contributed by atoms with Crippen molar-refractivity contribution >= 4 is 11.6 Å². The third-order valence-corrected chi connectivity index (χ3v) is 3.25. The van der Waals surface area contributed by atoms with E-state index in [0.29, 0.717) is 30.0 Å². The van der Waals surface area contributed by atoms with Crippen molar-refractivity contribution in [2.75, 3.05) is 19.0 Å². The van der Waals surface area contributed by atoms with Gasteiger partial charge in [0.15, 0.2) is 0 Å². The zero-order valence-corrected chi connectivity index (χ0v) is 13.0. The van der Waals surface area contributed by atoms with Crippen molar-refractivity contribution in [1.82, 2.24) is 0 Å². The minimum Gasteiger partial charge on any atom is -0.495 e. The molecule has 0 saturated carbocycles. The smallest absolute Gasteiger partial charge is 0.256 e. The Morgan fingerprint density at radius 2 is 2.14 bits per heavy atom. The number of rotatable bonds is 7. The maximum absolute atomic E-state index is 12.4. The SMILES string of the molecule is CCC[C@@](C)(OCC)C(=O)Nc1ccc(OC)c(C#N)c1. The van der Waals surface area contributed by atoms with Gasteiger partial charge in [-0.15, -0.1) is 0 Å². The molecule has 0 spiro atoms. The molecule has 0 unspecified atom stereocenters. The fourth-order valence-electron chi connectivity index (χ4n) is 2.18. The van der Waals surface area contributed by atoms with E-state index >= 15 is 0 Å². The van der Waals surface area contributed by atoms with Gasteiger partial charge in [0.25, 0.3) is 5.91 Å². The number of carbonyl (C=O) groups is 1. The van der Waals surface area contributed by atoms with E-state index in [0.717, 1.165) is 6.42 Å². The van der Waals surface area contributed by atoms with Crippen LogP contribution in [0.25, 0.3) is 0 Å². The van der Waals surface area contributed by atoms with Gasteiger partial charge < -0.3 is 14.8 Å². The van der Waals surface area contributed by atoms with Gasteiger partial charge in [-0.2, -0.15) is 5.26 Å². The van der Waals surface area contributed by atoms with Crippen molar-refractivity contribution in [2.45, 2.75) is 39.2 Å². The molecule has 0 aliphatic heterocycles. The molecule has 21 heavy (non-hydrogen) atoms. The minimum absolute atomic E-state index is 0.208. The van der Waals surface area contributed by atoms with Gasteiger partial charge in [0.1, 0.15) is 17.4 Å². The van der Waals surface area contributed by atoms with Crippen molar-refractivity contribution in [3.63, 3.8) is 0 Å². The van der Waals surface area contributed by atoms with E-state index < -0.39 is 5.60 Å². The number of hydrogen-bond acceptors (Lipinski definition) is 4. The highest BCUT2D eigenvalue weighted by atomic mass is 16.5. The number of nitrogens with one attached hydrogen (secondary N) is 1. The standard InChI is InChI=1S/C16H22N2O3/c1-5-9-16(3,21-6-2)15(19)18-13-7-8-14(20-4)12(10-13)11-17/h7-8,10H,5-6,9H2,1-4H3,(H,18,19)/t16-/m1/s1. The van der Waals surface area contributed by atoms with Crippen LogP contribution in [0.3, 0.4) is 0 Å². The van der Waals surface area contributed by atoms with E-state index in [2.05, 4.69) is 5.32 Å². The number of benzene rings is 1. The van der Waals surface area contributed by atoms with Crippen LogP contribution in [0.2, 0.25) is 0 Å². The summed E-state index contributed by atoms with van der Waals surface area (Å²) in [7, 11) is 1.50. The number of carbonyl (C=O) groups excluding carboxylic acids is 1. The number of ether oxygens (including phenoxy) is 2. The molecule has 0 aliphatic rings. The summed E-state index contributed by atoms with van der Waals surface area (Å²) in [5.41, 5.74) is 0.0688. The molecule has 0 heterocycles. The Kier molecular flexibility index (Phi) is 6.19. The average molecular weight is 290 g/mol. The predicted octanol–water partition coefficient (Wildman–Crippen LogP) is 3.10. The van der Waals surface area contributed by atoms with E-state index in [1.54, 1.807) is 25.1 Å². The third kappa shape index (κ3) is 4.20. The van der Waals surface area contributed by atoms with Crippen molar-refractivity contribution in [2.24, 2.45) is 0 Å². The zero-order chi connectivity index (χ0) is 15.9. The topological polar surface area (TPSA) is 71.3 Å². The molecule has 0 saturated heterocycles. The molecule has 1 atom stereocenters. The Morgan fingerprint density at radius 3 is 2.67 bits per heavy atom. The maximum Gasteiger partial charge on any atom is 0.256 e. The highest BCUT2D eigenvalue weighted by Crippen LogP contribution is 2.24. The number of anilines is 1. The van der Waals surface area contributed by atoms with Crippen molar-refractivity contribution < 1.29 is 14.3 Å². The first kappa shape index (κ1) is 17.0. The molecule has 1 aromatic carbocycles. The predicted molar refractivity (Wildman–Crippen MR) is 81.3 cm³/mol. The average Bonchev–Trinajstić information content (AvgIpc) is 2.47. The molecule has 0 radical (unpaired) electrons. The summed E-state index contributed by atoms with van der Waals surface area (Å²) < 4.78 is 10.7. The molecule has 114 valence electrons. The van der Waals surface area contributed by atoms with Crippen LogP contribution in [0.4, 0.5) is 5.69 Å². The quantitative estimate of drug-likeness (QED) is 0.837. The van der Waals surface area contributed by atoms with Crippen molar-refractivity contribution in [3.8, 4) is 11.8 Å². The van der Waals surface area contributed by atoms with Gasteiger partial charge in [0.05, 0.1) is 12.7 Å². The molecule has 0 fully saturated rings. The number of nitrogens with zero attached hydrogens (tertiary/aromatic N) is 1. The van der Waals surface area contributed by atoms with E-state index in [1.807, 2.05) is 19.9 Å². The van der Waals surface area contributed by atoms with Crippen LogP contribution in [-0.4, -0.2) is 25.2 Å². The lowest BCUT2D eigenvalue weighted by atomic mass is 9.99. The van der Waals surface area contributed by atoms with Gasteiger partial charge in [-0.05, 0) is 38.5 Å². The second-order valence-electron chi connectivity index (χ2n) is 4.89. The second kappa shape index (κ2) is 7.65. The van der Waals surface area contributed by atoms with E-state index in [9.17, 15) is 4.79 Å². The Balaban J connectivity index is 2.94. The molecule has 5 nitrogen and oxygen atoms in total. The van der Waals surface area contributed by atoms with Crippen LogP contribution in [-0.2, 0) is 9.53 Å². The van der Waals surface area contributed by atoms with Gasteiger partial charge >= 0.3 is 0 Å². The minimum atomic E-state index is -0.865. The first-order valence-corrected chi connectivity index (χ1v) is 7.04. The van der Waals surface area contributed by atoms with Crippen molar-refractivity contribution in [1.29, 1.82) is 5.26 Å². The van der Waals surface area contributed by atoms with Crippen LogP contribution >= 0.6 is 0 Å². The highest BCUT2D eigenvalue weighted by molar-refractivity contribution is 5.97. The van der Waals surface area contributed by atoms with Crippen molar-refractivity contribution in [3.05, 3.63) is 23.8 Å². The Morgan fingerprint density at radius 1 is 1.43 bits per heavy atom. The van der Waals surface area contributed by atoms with Crippen LogP contribution in [0.5, 0.6) is 5.75 Å². The van der Waals surface area contributed by atoms with Crippen LogP contribution in [0.15, 0.2) is 18.2 Å². The summed E-state index contributed by atoms with van der Waals surface area (Å²) in [6.45, 7) is 6.12. The number of methoxy groups -OCH3 is 1. The number of amides is 1. The van der Waals surface area contributed by atoms with E-state index in [4.69, 9.17) is 14.7 Å². The Bertz CT molecular complexity index is 529. The molecule has 0 aliphatic carbocycles. The first-order valence-electron chi connectivity index (χ1n) is 7.04. The summed E-state index contributed by atoms with van der Waals surface area (Å²) in [4.78, 5) is 12.4. The molecular formula is C16H22N2O3. The second-order valence-corrected chi connectivity index (χ2v) is 4.89. The van der Waals surface area contributed by atoms with Gasteiger partial charge in [-0.25, -0.2) is 0 Å². The molecule has 1 N–H and O–H groups in total. The van der Waals surface area contributed by atoms with E-state index in [1.165, 1.54) is 7.11 Å². The van der Waals surface area contributed by atoms with E-state index in [-0.39, 0.29) is 5.91 Å². The normalized spacial score (nSPS) is 13.1. The highest BCUT2D eigenvalue weighted by Gasteiger charge is 2.33. The largest absolute Gasteiger partial charge is 0.495 e. The zero-order valence-electron chi connectivity index (χ0n) is 13.0. The molecule has 0 bridgehead atoms. The maximum atomic E-state index is 12.4. The van der Waals surface area contributed by atoms with Gasteiger partial charge in [-0.3, -0.25) is 4.79 Å². The summed E-state index contributed by atoms with van der Waals surface area (Å²) in [6, 6.07) is 7.00. The lowest BCUT2D eigenvalue weighted by Crippen LogP contribution is -2.42. The fraction of sp³-hybridized carbons (Fsp3) is 0.500. The van der Waals surface area contributed by atoms with Crippen LogP contribution in [0.1, 0.15) is 39.2 Å². The number of nitriles is 1. The number of hydrogen-bond donors (Lipinski definition) is 1. The lowest BCUT2D eigenvalue weighted by Gasteiger charge is -2.27. The molecular weight excluding hydrogens is 268 g/mol. The summed E-state index contributed by atoms with van der Waals surface area (Å²) in [6.07, 6.45) is 1.48. The molecule has 0 aromatic heterocycles. The monoisotopic (exact) mass is 290 g/mol. The van der Waals surface area contributed by atoms with Gasteiger partial charge in [0.2, 0.25) is 0 Å². The summed E-state index contributed by atoms with van der Waals surface area (Å²) in [5, 5.41) is 11.9. The Labute approximate surface area is 125 Å². The molecule has 5 heteroatoms.